The van der Waals surface area contributed by atoms with Crippen LogP contribution in [-0.4, -0.2) is 45.6 Å². The number of piperidine rings is 1. The van der Waals surface area contributed by atoms with E-state index in [9.17, 15) is 8.42 Å². The van der Waals surface area contributed by atoms with Crippen LogP contribution in [-0.2, 0) is 17.1 Å². The molecule has 3 heterocycles. The summed E-state index contributed by atoms with van der Waals surface area (Å²) in [6, 6.07) is 7.02. The highest BCUT2D eigenvalue weighted by molar-refractivity contribution is 7.89. The number of benzene rings is 1. The molecule has 1 aliphatic heterocycles. The SMILES string of the molecule is Cc1csc(-c2ccc(S(=O)(=O)N3CCC(c4nncn4C)CC3)cc2)n1. The van der Waals surface area contributed by atoms with Crippen LogP contribution in [0.2, 0.25) is 0 Å². The molecule has 0 saturated carbocycles. The Hall–Kier alpha value is -2.10. The van der Waals surface area contributed by atoms with Gasteiger partial charge in [0.1, 0.15) is 17.2 Å². The van der Waals surface area contributed by atoms with Gasteiger partial charge in [-0.05, 0) is 31.9 Å². The van der Waals surface area contributed by atoms with Gasteiger partial charge in [0, 0.05) is 42.7 Å². The van der Waals surface area contributed by atoms with E-state index in [1.165, 1.54) is 0 Å². The van der Waals surface area contributed by atoms with E-state index in [2.05, 4.69) is 15.2 Å². The minimum absolute atomic E-state index is 0.250. The number of nitrogens with zero attached hydrogens (tertiary/aromatic N) is 5. The predicted molar refractivity (Wildman–Crippen MR) is 104 cm³/mol. The van der Waals surface area contributed by atoms with Crippen LogP contribution in [0.1, 0.15) is 30.3 Å². The zero-order valence-electron chi connectivity index (χ0n) is 15.2. The van der Waals surface area contributed by atoms with Crippen LogP contribution in [0.4, 0.5) is 0 Å². The lowest BCUT2D eigenvalue weighted by atomic mass is 9.97. The Bertz CT molecular complexity index is 1030. The van der Waals surface area contributed by atoms with Crippen LogP contribution in [0.3, 0.4) is 0 Å². The van der Waals surface area contributed by atoms with Gasteiger partial charge in [0.05, 0.1) is 4.90 Å². The first-order valence-corrected chi connectivity index (χ1v) is 11.1. The molecule has 3 aromatic rings. The zero-order chi connectivity index (χ0) is 19.0. The summed E-state index contributed by atoms with van der Waals surface area (Å²) in [4.78, 5) is 4.78. The third kappa shape index (κ3) is 3.54. The maximum absolute atomic E-state index is 13.0. The highest BCUT2D eigenvalue weighted by Crippen LogP contribution is 2.30. The maximum atomic E-state index is 13.0. The van der Waals surface area contributed by atoms with Crippen molar-refractivity contribution in [3.63, 3.8) is 0 Å². The Morgan fingerprint density at radius 2 is 1.85 bits per heavy atom. The number of thiazole rings is 1. The number of rotatable bonds is 4. The monoisotopic (exact) mass is 403 g/mol. The Balaban J connectivity index is 1.48. The van der Waals surface area contributed by atoms with Crippen molar-refractivity contribution in [2.45, 2.75) is 30.6 Å². The van der Waals surface area contributed by atoms with E-state index in [1.54, 1.807) is 34.1 Å². The van der Waals surface area contributed by atoms with E-state index < -0.39 is 10.0 Å². The van der Waals surface area contributed by atoms with Gasteiger partial charge in [0.15, 0.2) is 0 Å². The van der Waals surface area contributed by atoms with Crippen LogP contribution >= 0.6 is 11.3 Å². The average molecular weight is 404 g/mol. The molecule has 9 heteroatoms. The molecule has 2 aromatic heterocycles. The minimum atomic E-state index is -3.48. The molecule has 0 spiro atoms. The van der Waals surface area contributed by atoms with Gasteiger partial charge < -0.3 is 4.57 Å². The number of hydrogen-bond donors (Lipinski definition) is 0. The molecule has 0 atom stereocenters. The van der Waals surface area contributed by atoms with Gasteiger partial charge in [-0.15, -0.1) is 21.5 Å². The van der Waals surface area contributed by atoms with E-state index in [0.717, 1.165) is 34.9 Å². The van der Waals surface area contributed by atoms with Crippen molar-refractivity contribution >= 4 is 21.4 Å². The molecule has 1 fully saturated rings. The second-order valence-electron chi connectivity index (χ2n) is 6.80. The lowest BCUT2D eigenvalue weighted by Gasteiger charge is -2.30. The van der Waals surface area contributed by atoms with Crippen molar-refractivity contribution < 1.29 is 8.42 Å². The van der Waals surface area contributed by atoms with Crippen LogP contribution in [0, 0.1) is 6.92 Å². The highest BCUT2D eigenvalue weighted by Gasteiger charge is 2.31. The Morgan fingerprint density at radius 3 is 2.41 bits per heavy atom. The van der Waals surface area contributed by atoms with Gasteiger partial charge >= 0.3 is 0 Å². The van der Waals surface area contributed by atoms with Crippen LogP contribution in [0.15, 0.2) is 40.9 Å². The van der Waals surface area contributed by atoms with Gasteiger partial charge in [0.2, 0.25) is 10.0 Å². The standard InChI is InChI=1S/C18H21N5O2S2/c1-13-11-26-18(20-13)15-3-5-16(6-4-15)27(24,25)23-9-7-14(8-10-23)17-21-19-12-22(17)2/h3-6,11-12,14H,7-10H2,1-2H3. The summed E-state index contributed by atoms with van der Waals surface area (Å²) in [6.45, 7) is 2.93. The summed E-state index contributed by atoms with van der Waals surface area (Å²) in [6.07, 6.45) is 3.19. The van der Waals surface area contributed by atoms with E-state index in [0.29, 0.717) is 18.0 Å². The first kappa shape index (κ1) is 18.3. The van der Waals surface area contributed by atoms with Crippen molar-refractivity contribution in [3.05, 3.63) is 47.5 Å². The van der Waals surface area contributed by atoms with Crippen molar-refractivity contribution in [1.29, 1.82) is 0 Å². The summed E-state index contributed by atoms with van der Waals surface area (Å²) in [7, 11) is -1.56. The number of hydrogen-bond acceptors (Lipinski definition) is 6. The number of sulfonamides is 1. The molecule has 1 aliphatic rings. The highest BCUT2D eigenvalue weighted by atomic mass is 32.2. The first-order valence-electron chi connectivity index (χ1n) is 8.82. The minimum Gasteiger partial charge on any atom is -0.320 e. The topological polar surface area (TPSA) is 81.0 Å². The summed E-state index contributed by atoms with van der Waals surface area (Å²) in [5.74, 6) is 1.18. The lowest BCUT2D eigenvalue weighted by Crippen LogP contribution is -2.38. The summed E-state index contributed by atoms with van der Waals surface area (Å²) < 4.78 is 29.4. The molecule has 0 unspecified atom stereocenters. The van der Waals surface area contributed by atoms with E-state index in [-0.39, 0.29) is 5.92 Å². The fourth-order valence-electron chi connectivity index (χ4n) is 3.42. The van der Waals surface area contributed by atoms with Gasteiger partial charge in [-0.25, -0.2) is 13.4 Å². The molecule has 7 nitrogen and oxygen atoms in total. The molecule has 0 amide bonds. The fraction of sp³-hybridized carbons (Fsp3) is 0.389. The van der Waals surface area contributed by atoms with E-state index >= 15 is 0 Å². The summed E-state index contributed by atoms with van der Waals surface area (Å²) in [5.41, 5.74) is 1.91. The Kier molecular flexibility index (Phi) is 4.83. The molecule has 0 aliphatic carbocycles. The fourth-order valence-corrected chi connectivity index (χ4v) is 5.69. The van der Waals surface area contributed by atoms with Crippen molar-refractivity contribution in [2.75, 3.05) is 13.1 Å². The van der Waals surface area contributed by atoms with Crippen LogP contribution < -0.4 is 0 Å². The van der Waals surface area contributed by atoms with Crippen molar-refractivity contribution in [2.24, 2.45) is 7.05 Å². The molecule has 0 radical (unpaired) electrons. The van der Waals surface area contributed by atoms with Gasteiger partial charge in [-0.1, -0.05) is 12.1 Å². The van der Waals surface area contributed by atoms with Crippen molar-refractivity contribution in [3.8, 4) is 10.6 Å². The third-order valence-corrected chi connectivity index (χ3v) is 7.85. The Morgan fingerprint density at radius 1 is 1.15 bits per heavy atom. The van der Waals surface area contributed by atoms with Crippen LogP contribution in [0.25, 0.3) is 10.6 Å². The van der Waals surface area contributed by atoms with Crippen molar-refractivity contribution in [1.82, 2.24) is 24.1 Å². The average Bonchev–Trinajstić information content (AvgIpc) is 3.30. The lowest BCUT2D eigenvalue weighted by molar-refractivity contribution is 0.310. The summed E-state index contributed by atoms with van der Waals surface area (Å²) in [5, 5.41) is 11.0. The normalized spacial score (nSPS) is 16.7. The van der Waals surface area contributed by atoms with E-state index in [4.69, 9.17) is 0 Å². The van der Waals surface area contributed by atoms with Gasteiger partial charge in [-0.3, -0.25) is 0 Å². The second-order valence-corrected chi connectivity index (χ2v) is 9.59. The third-order valence-electron chi connectivity index (χ3n) is 4.92. The smallest absolute Gasteiger partial charge is 0.243 e. The first-order chi connectivity index (χ1) is 12.9. The van der Waals surface area contributed by atoms with Gasteiger partial charge in [-0.2, -0.15) is 4.31 Å². The van der Waals surface area contributed by atoms with E-state index in [1.807, 2.05) is 36.1 Å². The molecule has 0 bridgehead atoms. The molecule has 0 N–H and O–H groups in total. The Labute approximate surface area is 162 Å². The molecule has 142 valence electrons. The molecule has 27 heavy (non-hydrogen) atoms. The maximum Gasteiger partial charge on any atom is 0.243 e. The number of aryl methyl sites for hydroxylation is 2. The second kappa shape index (κ2) is 7.14. The largest absolute Gasteiger partial charge is 0.320 e. The van der Waals surface area contributed by atoms with Crippen LogP contribution in [0.5, 0.6) is 0 Å². The molecule has 4 rings (SSSR count). The zero-order valence-corrected chi connectivity index (χ0v) is 16.9. The molecular formula is C18H21N5O2S2. The molecule has 1 aromatic carbocycles. The number of aromatic nitrogens is 4. The predicted octanol–water partition coefficient (Wildman–Crippen LogP) is 2.82. The quantitative estimate of drug-likeness (QED) is 0.669. The molecular weight excluding hydrogens is 382 g/mol. The molecule has 1 saturated heterocycles. The summed E-state index contributed by atoms with van der Waals surface area (Å²) >= 11 is 1.56. The van der Waals surface area contributed by atoms with Gasteiger partial charge in [0.25, 0.3) is 0 Å².